The minimum atomic E-state index is 0.340. The van der Waals surface area contributed by atoms with Gasteiger partial charge in [-0.25, -0.2) is 0 Å². The van der Waals surface area contributed by atoms with Crippen LogP contribution in [-0.4, -0.2) is 42.1 Å². The van der Waals surface area contributed by atoms with E-state index in [1.54, 1.807) is 0 Å². The van der Waals surface area contributed by atoms with Gasteiger partial charge in [-0.15, -0.1) is 0 Å². The summed E-state index contributed by atoms with van der Waals surface area (Å²) >= 11 is 1.95. The van der Waals surface area contributed by atoms with Crippen LogP contribution >= 0.6 is 11.8 Å². The molecule has 0 aliphatic carbocycles. The molecule has 0 aromatic carbocycles. The molecule has 0 heterocycles. The second kappa shape index (κ2) is 7.90. The molecule has 0 fully saturated rings. The molecule has 2 nitrogen and oxygen atoms in total. The summed E-state index contributed by atoms with van der Waals surface area (Å²) in [5, 5.41) is 0. The van der Waals surface area contributed by atoms with Crippen molar-refractivity contribution in [3.05, 3.63) is 0 Å². The lowest BCUT2D eigenvalue weighted by molar-refractivity contribution is 0.324. The number of thioether (sulfide) groups is 1. The van der Waals surface area contributed by atoms with Crippen molar-refractivity contribution in [2.45, 2.75) is 26.8 Å². The van der Waals surface area contributed by atoms with Gasteiger partial charge in [0.2, 0.25) is 0 Å². The SMILES string of the molecule is CCN(CC)CCSC[C@H](C)N. The molecule has 0 radical (unpaired) electrons. The Morgan fingerprint density at radius 3 is 2.33 bits per heavy atom. The van der Waals surface area contributed by atoms with E-state index in [1.165, 1.54) is 12.3 Å². The van der Waals surface area contributed by atoms with Gasteiger partial charge < -0.3 is 10.6 Å². The molecule has 0 aliphatic rings. The average Bonchev–Trinajstić information content (AvgIpc) is 2.04. The molecule has 0 aliphatic heterocycles. The quantitative estimate of drug-likeness (QED) is 0.616. The first kappa shape index (κ1) is 12.3. The zero-order valence-corrected chi connectivity index (χ0v) is 9.36. The van der Waals surface area contributed by atoms with Crippen molar-refractivity contribution in [3.63, 3.8) is 0 Å². The third-order valence-corrected chi connectivity index (χ3v) is 3.06. The number of nitrogens with two attached hydrogens (primary N) is 1. The second-order valence-corrected chi connectivity index (χ2v) is 4.23. The summed E-state index contributed by atoms with van der Waals surface area (Å²) in [6.07, 6.45) is 0. The Labute approximate surface area is 80.9 Å². The predicted octanol–water partition coefficient (Wildman–Crippen LogP) is 1.41. The highest BCUT2D eigenvalue weighted by Crippen LogP contribution is 2.02. The molecule has 3 heteroatoms. The van der Waals surface area contributed by atoms with Crippen LogP contribution in [0.4, 0.5) is 0 Å². The Bertz CT molecular complexity index is 92.5. The van der Waals surface area contributed by atoms with Crippen LogP contribution in [0, 0.1) is 0 Å². The molecule has 2 N–H and O–H groups in total. The fourth-order valence-corrected chi connectivity index (χ4v) is 1.93. The highest BCUT2D eigenvalue weighted by atomic mass is 32.2. The third-order valence-electron chi connectivity index (χ3n) is 1.83. The zero-order chi connectivity index (χ0) is 9.40. The van der Waals surface area contributed by atoms with Gasteiger partial charge in [0.15, 0.2) is 0 Å². The van der Waals surface area contributed by atoms with Crippen LogP contribution in [0.25, 0.3) is 0 Å². The van der Waals surface area contributed by atoms with Crippen LogP contribution in [0.3, 0.4) is 0 Å². The van der Waals surface area contributed by atoms with Gasteiger partial charge in [-0.1, -0.05) is 13.8 Å². The van der Waals surface area contributed by atoms with Crippen LogP contribution in [0.15, 0.2) is 0 Å². The highest BCUT2D eigenvalue weighted by molar-refractivity contribution is 7.99. The fourth-order valence-electron chi connectivity index (χ4n) is 1.00. The number of nitrogens with zero attached hydrogens (tertiary/aromatic N) is 1. The summed E-state index contributed by atoms with van der Waals surface area (Å²) in [6.45, 7) is 10.00. The Morgan fingerprint density at radius 1 is 1.33 bits per heavy atom. The molecule has 0 spiro atoms. The standard InChI is InChI=1S/C9H22N2S/c1-4-11(5-2)6-7-12-8-9(3)10/h9H,4-8,10H2,1-3H3/t9-/m0/s1. The second-order valence-electron chi connectivity index (χ2n) is 3.08. The van der Waals surface area contributed by atoms with E-state index in [9.17, 15) is 0 Å². The van der Waals surface area contributed by atoms with Gasteiger partial charge >= 0.3 is 0 Å². The van der Waals surface area contributed by atoms with Crippen molar-refractivity contribution < 1.29 is 0 Å². The van der Waals surface area contributed by atoms with Crippen LogP contribution < -0.4 is 5.73 Å². The van der Waals surface area contributed by atoms with Crippen LogP contribution in [-0.2, 0) is 0 Å². The van der Waals surface area contributed by atoms with E-state index in [4.69, 9.17) is 5.73 Å². The van der Waals surface area contributed by atoms with E-state index in [1.807, 2.05) is 11.8 Å². The molecule has 0 amide bonds. The fraction of sp³-hybridized carbons (Fsp3) is 1.00. The molecule has 0 unspecified atom stereocenters. The lowest BCUT2D eigenvalue weighted by Crippen LogP contribution is -2.26. The summed E-state index contributed by atoms with van der Waals surface area (Å²) in [7, 11) is 0. The largest absolute Gasteiger partial charge is 0.327 e. The van der Waals surface area contributed by atoms with Crippen molar-refractivity contribution in [1.82, 2.24) is 4.90 Å². The lowest BCUT2D eigenvalue weighted by Gasteiger charge is -2.17. The molecule has 0 aromatic rings. The first-order chi connectivity index (χ1) is 5.70. The van der Waals surface area contributed by atoms with Gasteiger partial charge in [-0.05, 0) is 20.0 Å². The van der Waals surface area contributed by atoms with E-state index in [-0.39, 0.29) is 0 Å². The lowest BCUT2D eigenvalue weighted by atomic mass is 10.4. The Kier molecular flexibility index (Phi) is 8.07. The summed E-state index contributed by atoms with van der Waals surface area (Å²) in [5.74, 6) is 2.30. The molecule has 0 saturated heterocycles. The van der Waals surface area contributed by atoms with Crippen LogP contribution in [0.2, 0.25) is 0 Å². The molecule has 12 heavy (non-hydrogen) atoms. The number of hydrogen-bond donors (Lipinski definition) is 1. The molecular weight excluding hydrogens is 168 g/mol. The summed E-state index contributed by atoms with van der Waals surface area (Å²) in [5.41, 5.74) is 5.64. The van der Waals surface area contributed by atoms with Crippen LogP contribution in [0.1, 0.15) is 20.8 Å². The maximum Gasteiger partial charge on any atom is 0.0101 e. The maximum atomic E-state index is 5.64. The Morgan fingerprint density at radius 2 is 1.92 bits per heavy atom. The third kappa shape index (κ3) is 6.95. The van der Waals surface area contributed by atoms with E-state index in [2.05, 4.69) is 25.7 Å². The summed E-state index contributed by atoms with van der Waals surface area (Å²) in [4.78, 5) is 2.44. The molecule has 1 atom stereocenters. The van der Waals surface area contributed by atoms with Gasteiger partial charge in [0.05, 0.1) is 0 Å². The van der Waals surface area contributed by atoms with E-state index >= 15 is 0 Å². The van der Waals surface area contributed by atoms with Gasteiger partial charge in [-0.2, -0.15) is 11.8 Å². The van der Waals surface area contributed by atoms with E-state index in [0.29, 0.717) is 6.04 Å². The number of hydrogen-bond acceptors (Lipinski definition) is 3. The van der Waals surface area contributed by atoms with Gasteiger partial charge in [0, 0.05) is 24.1 Å². The Hall–Kier alpha value is 0.270. The van der Waals surface area contributed by atoms with Gasteiger partial charge in [-0.3, -0.25) is 0 Å². The van der Waals surface area contributed by atoms with Crippen molar-refractivity contribution in [3.8, 4) is 0 Å². The first-order valence-corrected chi connectivity index (χ1v) is 5.91. The van der Waals surface area contributed by atoms with Crippen LogP contribution in [0.5, 0.6) is 0 Å². The molecular formula is C9H22N2S. The van der Waals surface area contributed by atoms with Crippen molar-refractivity contribution in [1.29, 1.82) is 0 Å². The zero-order valence-electron chi connectivity index (χ0n) is 8.55. The minimum Gasteiger partial charge on any atom is -0.327 e. The molecule has 74 valence electrons. The monoisotopic (exact) mass is 190 g/mol. The normalized spacial score (nSPS) is 13.8. The van der Waals surface area contributed by atoms with E-state index < -0.39 is 0 Å². The smallest absolute Gasteiger partial charge is 0.0101 e. The first-order valence-electron chi connectivity index (χ1n) is 4.76. The molecule has 0 aromatic heterocycles. The summed E-state index contributed by atoms with van der Waals surface area (Å²) < 4.78 is 0. The molecule has 0 bridgehead atoms. The van der Waals surface area contributed by atoms with Gasteiger partial charge in [0.1, 0.15) is 0 Å². The van der Waals surface area contributed by atoms with Crippen molar-refractivity contribution in [2.75, 3.05) is 31.1 Å². The molecule has 0 rings (SSSR count). The van der Waals surface area contributed by atoms with Crippen molar-refractivity contribution in [2.24, 2.45) is 5.73 Å². The summed E-state index contributed by atoms with van der Waals surface area (Å²) in [6, 6.07) is 0.340. The van der Waals surface area contributed by atoms with Gasteiger partial charge in [0.25, 0.3) is 0 Å². The average molecular weight is 190 g/mol. The minimum absolute atomic E-state index is 0.340. The van der Waals surface area contributed by atoms with E-state index in [0.717, 1.165) is 18.8 Å². The highest BCUT2D eigenvalue weighted by Gasteiger charge is 1.99. The maximum absolute atomic E-state index is 5.64. The molecule has 0 saturated carbocycles. The van der Waals surface area contributed by atoms with Crippen molar-refractivity contribution >= 4 is 11.8 Å². The topological polar surface area (TPSA) is 29.3 Å². The Balaban J connectivity index is 3.17. The number of rotatable bonds is 7. The predicted molar refractivity (Wildman–Crippen MR) is 58.8 cm³/mol.